The van der Waals surface area contributed by atoms with E-state index in [1.807, 2.05) is 71.9 Å². The van der Waals surface area contributed by atoms with Crippen LogP contribution in [0.3, 0.4) is 0 Å². The second kappa shape index (κ2) is 14.2. The predicted molar refractivity (Wildman–Crippen MR) is 142 cm³/mol. The van der Waals surface area contributed by atoms with E-state index >= 15 is 0 Å². The Balaban J connectivity index is 3.92. The van der Waals surface area contributed by atoms with Crippen LogP contribution in [-0.4, -0.2) is 33.2 Å². The van der Waals surface area contributed by atoms with Crippen molar-refractivity contribution in [3.05, 3.63) is 52.9 Å². The molecule has 0 aliphatic rings. The molecule has 0 saturated heterocycles. The molecular formula is C29H40F2O4Si. The maximum atomic E-state index is 13.9. The Morgan fingerprint density at radius 3 is 1.75 bits per heavy atom. The highest BCUT2D eigenvalue weighted by Gasteiger charge is 2.54. The average Bonchev–Trinajstić information content (AvgIpc) is 2.78. The summed E-state index contributed by atoms with van der Waals surface area (Å²) in [5.41, 5.74) is 1.30. The van der Waals surface area contributed by atoms with Crippen molar-refractivity contribution in [3.8, 4) is 11.8 Å². The number of ether oxygens (including phenoxy) is 2. The minimum Gasteiger partial charge on any atom is -0.465 e. The second-order valence-corrected chi connectivity index (χ2v) is 15.7. The van der Waals surface area contributed by atoms with Gasteiger partial charge in [0.25, 0.3) is 0 Å². The number of hydrogen-bond donors (Lipinski definition) is 0. The predicted octanol–water partition coefficient (Wildman–Crippen LogP) is 7.45. The maximum Gasteiger partial charge on any atom is 0.324 e. The number of allylic oxidation sites excluding steroid dienone is 1. The molecule has 0 aliphatic carbocycles. The van der Waals surface area contributed by atoms with E-state index in [1.165, 1.54) is 0 Å². The van der Waals surface area contributed by atoms with Crippen LogP contribution in [0.1, 0.15) is 73.8 Å². The molecular weight excluding hydrogens is 478 g/mol. The first kappa shape index (κ1) is 31.3. The lowest BCUT2D eigenvalue weighted by Crippen LogP contribution is -2.51. The van der Waals surface area contributed by atoms with E-state index in [4.69, 9.17) is 9.47 Å². The van der Waals surface area contributed by atoms with Gasteiger partial charge in [-0.05, 0) is 47.8 Å². The summed E-state index contributed by atoms with van der Waals surface area (Å²) >= 11 is 0. The van der Waals surface area contributed by atoms with Crippen molar-refractivity contribution >= 4 is 20.0 Å². The summed E-state index contributed by atoms with van der Waals surface area (Å²) in [6.07, 6.45) is -2.47. The van der Waals surface area contributed by atoms with Crippen LogP contribution in [-0.2, 0) is 19.1 Å². The summed E-state index contributed by atoms with van der Waals surface area (Å²) in [6, 6.07) is 9.14. The highest BCUT2D eigenvalue weighted by atomic mass is 28.3. The van der Waals surface area contributed by atoms with E-state index < -0.39 is 31.5 Å². The number of halogens is 2. The van der Waals surface area contributed by atoms with Gasteiger partial charge >= 0.3 is 18.0 Å². The number of rotatable bonds is 11. The number of carbonyl (C=O) groups excluding carboxylic acids is 2. The molecule has 4 nitrogen and oxygen atoms in total. The maximum absolute atomic E-state index is 13.9. The Hall–Kier alpha value is -2.68. The Labute approximate surface area is 216 Å². The van der Waals surface area contributed by atoms with Crippen LogP contribution in [0, 0.1) is 17.3 Å². The van der Waals surface area contributed by atoms with E-state index in [0.717, 1.165) is 0 Å². The molecule has 0 radical (unpaired) electrons. The van der Waals surface area contributed by atoms with Crippen LogP contribution in [0.15, 0.2) is 47.3 Å². The minimum absolute atomic E-state index is 0.0274. The molecule has 0 aromatic heterocycles. The van der Waals surface area contributed by atoms with Crippen LogP contribution in [0.5, 0.6) is 0 Å². The number of esters is 2. The molecule has 0 amide bonds. The molecule has 0 heterocycles. The lowest BCUT2D eigenvalue weighted by Gasteiger charge is -2.45. The molecule has 0 fully saturated rings. The van der Waals surface area contributed by atoms with Crippen LogP contribution in [0.2, 0.25) is 16.6 Å². The first-order chi connectivity index (χ1) is 16.9. The lowest BCUT2D eigenvalue weighted by atomic mass is 9.80. The molecule has 0 spiro atoms. The molecule has 1 aromatic rings. The van der Waals surface area contributed by atoms with Gasteiger partial charge in [-0.1, -0.05) is 77.3 Å². The van der Waals surface area contributed by atoms with Crippen LogP contribution in [0.25, 0.3) is 0 Å². The highest BCUT2D eigenvalue weighted by Crippen LogP contribution is 2.50. The molecule has 36 heavy (non-hydrogen) atoms. The summed E-state index contributed by atoms with van der Waals surface area (Å²) < 4.78 is 38.5. The molecule has 1 aromatic carbocycles. The van der Waals surface area contributed by atoms with Gasteiger partial charge in [-0.2, -0.15) is 8.78 Å². The number of hydrogen-bond acceptors (Lipinski definition) is 4. The molecule has 0 unspecified atom stereocenters. The van der Waals surface area contributed by atoms with Crippen molar-refractivity contribution in [1.82, 2.24) is 0 Å². The fourth-order valence-electron chi connectivity index (χ4n) is 5.56. The molecule has 0 atom stereocenters. The van der Waals surface area contributed by atoms with Crippen molar-refractivity contribution < 1.29 is 27.8 Å². The normalized spacial score (nSPS) is 11.6. The van der Waals surface area contributed by atoms with Crippen molar-refractivity contribution in [2.45, 2.75) is 84.9 Å². The molecule has 1 rings (SSSR count). The van der Waals surface area contributed by atoms with E-state index in [1.54, 1.807) is 13.8 Å². The molecule has 198 valence electrons. The smallest absolute Gasteiger partial charge is 0.324 e. The zero-order valence-corrected chi connectivity index (χ0v) is 23.8. The molecule has 0 bridgehead atoms. The molecule has 0 aliphatic heterocycles. The third-order valence-corrected chi connectivity index (χ3v) is 13.9. The molecule has 0 N–H and O–H groups in total. The Morgan fingerprint density at radius 2 is 1.36 bits per heavy atom. The van der Waals surface area contributed by atoms with E-state index in [9.17, 15) is 18.4 Å². The number of carbonyl (C=O) groups is 2. The van der Waals surface area contributed by atoms with Gasteiger partial charge in [0.2, 0.25) is 0 Å². The van der Waals surface area contributed by atoms with Crippen LogP contribution < -0.4 is 0 Å². The van der Waals surface area contributed by atoms with Gasteiger partial charge in [-0.25, -0.2) is 0 Å². The van der Waals surface area contributed by atoms with Crippen molar-refractivity contribution in [2.24, 2.45) is 5.41 Å². The van der Waals surface area contributed by atoms with Gasteiger partial charge in [0.1, 0.15) is 0 Å². The van der Waals surface area contributed by atoms with E-state index in [0.29, 0.717) is 10.8 Å². The Kier molecular flexibility index (Phi) is 12.3. The third-order valence-electron chi connectivity index (χ3n) is 6.84. The fraction of sp³-hybridized carbons (Fsp3) is 0.552. The zero-order chi connectivity index (χ0) is 27.5. The topological polar surface area (TPSA) is 52.6 Å². The summed E-state index contributed by atoms with van der Waals surface area (Å²) in [6.45, 7) is 15.5. The summed E-state index contributed by atoms with van der Waals surface area (Å²) in [7, 11) is -2.73. The standard InChI is InChI=1S/C29H40F2O4Si/c1-9-34-27(32)29(28(33)35-10-2,18-14-17-24-15-12-11-13-16-24)20-25(19-26(30)31)36(21(3)4,22(5)6)23(7)8/h11-13,15-16,21-23H,9-10,18,20H2,1-8H3. The summed E-state index contributed by atoms with van der Waals surface area (Å²) in [5.74, 6) is 4.29. The average molecular weight is 519 g/mol. The highest BCUT2D eigenvalue weighted by molar-refractivity contribution is 6.89. The van der Waals surface area contributed by atoms with Crippen molar-refractivity contribution in [3.63, 3.8) is 0 Å². The molecule has 7 heteroatoms. The van der Waals surface area contributed by atoms with Gasteiger partial charge in [0.05, 0.1) is 21.3 Å². The first-order valence-electron chi connectivity index (χ1n) is 12.6. The summed E-state index contributed by atoms with van der Waals surface area (Å²) in [4.78, 5) is 26.9. The quantitative estimate of drug-likeness (QED) is 0.100. The van der Waals surface area contributed by atoms with Gasteiger partial charge in [0.15, 0.2) is 5.41 Å². The Bertz CT molecular complexity index is 969. The first-order valence-corrected chi connectivity index (χ1v) is 14.8. The monoisotopic (exact) mass is 518 g/mol. The number of benzene rings is 1. The van der Waals surface area contributed by atoms with Crippen molar-refractivity contribution in [1.29, 1.82) is 0 Å². The van der Waals surface area contributed by atoms with Gasteiger partial charge in [0, 0.05) is 18.4 Å². The Morgan fingerprint density at radius 1 is 0.889 bits per heavy atom. The van der Waals surface area contributed by atoms with E-state index in [2.05, 4.69) is 17.6 Å². The SMILES string of the molecule is CCOC(=O)C(CC#Cc1ccccc1)(CC(=C=C(F)F)[Si](C(C)C)(C(C)C)C(C)C)C(=O)OCC. The summed E-state index contributed by atoms with van der Waals surface area (Å²) in [5, 5.41) is 0.338. The van der Waals surface area contributed by atoms with Gasteiger partial charge in [-0.15, -0.1) is 0 Å². The van der Waals surface area contributed by atoms with Gasteiger partial charge < -0.3 is 9.47 Å². The zero-order valence-electron chi connectivity index (χ0n) is 22.8. The lowest BCUT2D eigenvalue weighted by molar-refractivity contribution is -0.171. The fourth-order valence-corrected chi connectivity index (χ4v) is 12.6. The van der Waals surface area contributed by atoms with Crippen molar-refractivity contribution in [2.75, 3.05) is 13.2 Å². The van der Waals surface area contributed by atoms with Gasteiger partial charge in [-0.3, -0.25) is 9.59 Å². The minimum atomic E-state index is -2.73. The second-order valence-electron chi connectivity index (χ2n) is 9.81. The van der Waals surface area contributed by atoms with Crippen LogP contribution >= 0.6 is 0 Å². The van der Waals surface area contributed by atoms with E-state index in [-0.39, 0.29) is 42.7 Å². The molecule has 0 saturated carbocycles. The van der Waals surface area contributed by atoms with Crippen LogP contribution in [0.4, 0.5) is 8.78 Å². The largest absolute Gasteiger partial charge is 0.465 e. The third kappa shape index (κ3) is 7.18.